The maximum absolute atomic E-state index is 13.3. The fraction of sp³-hybridized carbons (Fsp3) is 0.393. The molecular weight excluding hydrogens is 396 g/mol. The second-order valence-corrected chi connectivity index (χ2v) is 9.40. The summed E-state index contributed by atoms with van der Waals surface area (Å²) in [4.78, 5) is 17.8. The molecule has 1 fully saturated rings. The zero-order valence-electron chi connectivity index (χ0n) is 19.6. The van der Waals surface area contributed by atoms with E-state index in [0.29, 0.717) is 11.8 Å². The van der Waals surface area contributed by atoms with E-state index in [9.17, 15) is 4.79 Å². The molecule has 0 saturated carbocycles. The van der Waals surface area contributed by atoms with Crippen molar-refractivity contribution >= 4 is 5.91 Å². The first kappa shape index (κ1) is 22.3. The fourth-order valence-electron chi connectivity index (χ4n) is 4.78. The van der Waals surface area contributed by atoms with Gasteiger partial charge in [-0.25, -0.2) is 0 Å². The Morgan fingerprint density at radius 3 is 2.34 bits per heavy atom. The topological polar surface area (TPSA) is 36.7 Å². The SMILES string of the molecule is Cc1ccc(C2CN(Cc3ccc(C)o3)CC2CN(C(=O)c2ccccc2)C(C)C)cc1. The molecule has 0 N–H and O–H groups in total. The summed E-state index contributed by atoms with van der Waals surface area (Å²) in [5.74, 6) is 2.82. The number of benzene rings is 2. The summed E-state index contributed by atoms with van der Waals surface area (Å²) in [5.41, 5.74) is 3.39. The molecule has 4 rings (SSSR count). The van der Waals surface area contributed by atoms with Crippen LogP contribution in [0.1, 0.15) is 52.8 Å². The Bertz CT molecular complexity index is 1020. The van der Waals surface area contributed by atoms with Crippen molar-refractivity contribution in [1.29, 1.82) is 0 Å². The van der Waals surface area contributed by atoms with Crippen molar-refractivity contribution in [1.82, 2.24) is 9.80 Å². The Labute approximate surface area is 191 Å². The summed E-state index contributed by atoms with van der Waals surface area (Å²) in [6, 6.07) is 22.8. The van der Waals surface area contributed by atoms with Gasteiger partial charge in [0.25, 0.3) is 5.91 Å². The molecule has 0 bridgehead atoms. The lowest BCUT2D eigenvalue weighted by atomic mass is 9.88. The zero-order chi connectivity index (χ0) is 22.7. The van der Waals surface area contributed by atoms with Gasteiger partial charge in [-0.15, -0.1) is 0 Å². The third-order valence-electron chi connectivity index (χ3n) is 6.53. The van der Waals surface area contributed by atoms with Crippen LogP contribution in [0.15, 0.2) is 71.1 Å². The Morgan fingerprint density at radius 2 is 1.72 bits per heavy atom. The maximum Gasteiger partial charge on any atom is 0.254 e. The number of amides is 1. The highest BCUT2D eigenvalue weighted by Gasteiger charge is 2.36. The molecule has 2 heterocycles. The predicted octanol–water partition coefficient (Wildman–Crippen LogP) is 5.66. The largest absolute Gasteiger partial charge is 0.465 e. The van der Waals surface area contributed by atoms with Crippen LogP contribution in [0.5, 0.6) is 0 Å². The van der Waals surface area contributed by atoms with Gasteiger partial charge in [0.05, 0.1) is 6.54 Å². The standard InChI is InChI=1S/C28H34N2O2/c1-20(2)30(28(31)24-8-6-5-7-9-24)17-25-16-29(18-26-15-12-22(4)32-26)19-27(25)23-13-10-21(3)11-14-23/h5-15,20,25,27H,16-19H2,1-4H3. The molecule has 1 aliphatic rings. The number of rotatable bonds is 7. The van der Waals surface area contributed by atoms with E-state index in [-0.39, 0.29) is 11.9 Å². The lowest BCUT2D eigenvalue weighted by Crippen LogP contribution is -2.42. The van der Waals surface area contributed by atoms with Gasteiger partial charge >= 0.3 is 0 Å². The van der Waals surface area contributed by atoms with Crippen LogP contribution in [0.3, 0.4) is 0 Å². The van der Waals surface area contributed by atoms with Crippen LogP contribution >= 0.6 is 0 Å². The van der Waals surface area contributed by atoms with Gasteiger partial charge < -0.3 is 9.32 Å². The molecular formula is C28H34N2O2. The molecule has 1 amide bonds. The summed E-state index contributed by atoms with van der Waals surface area (Å²) in [5, 5.41) is 0. The molecule has 1 aliphatic heterocycles. The van der Waals surface area contributed by atoms with Gasteiger partial charge in [0.1, 0.15) is 11.5 Å². The second kappa shape index (κ2) is 9.74. The Hall–Kier alpha value is -2.85. The highest BCUT2D eigenvalue weighted by molar-refractivity contribution is 5.94. The monoisotopic (exact) mass is 430 g/mol. The minimum Gasteiger partial charge on any atom is -0.465 e. The van der Waals surface area contributed by atoms with Gasteiger partial charge in [0, 0.05) is 37.2 Å². The van der Waals surface area contributed by atoms with E-state index in [2.05, 4.69) is 56.0 Å². The summed E-state index contributed by atoms with van der Waals surface area (Å²) < 4.78 is 5.85. The molecule has 168 valence electrons. The number of hydrogen-bond acceptors (Lipinski definition) is 3. The van der Waals surface area contributed by atoms with Gasteiger partial charge in [-0.1, -0.05) is 48.0 Å². The Kier molecular flexibility index (Phi) is 6.80. The molecule has 4 nitrogen and oxygen atoms in total. The molecule has 1 saturated heterocycles. The van der Waals surface area contributed by atoms with Gasteiger partial charge in [-0.2, -0.15) is 0 Å². The highest BCUT2D eigenvalue weighted by Crippen LogP contribution is 2.35. The molecule has 1 aromatic heterocycles. The fourth-order valence-corrected chi connectivity index (χ4v) is 4.78. The van der Waals surface area contributed by atoms with Gasteiger partial charge in [0.2, 0.25) is 0 Å². The molecule has 2 aromatic carbocycles. The average Bonchev–Trinajstić information content (AvgIpc) is 3.38. The minimum absolute atomic E-state index is 0.114. The minimum atomic E-state index is 0.114. The Morgan fingerprint density at radius 1 is 1.00 bits per heavy atom. The van der Waals surface area contributed by atoms with E-state index < -0.39 is 0 Å². The molecule has 0 aliphatic carbocycles. The van der Waals surface area contributed by atoms with E-state index in [1.807, 2.05) is 48.2 Å². The quantitative estimate of drug-likeness (QED) is 0.485. The van der Waals surface area contributed by atoms with Crippen LogP contribution < -0.4 is 0 Å². The van der Waals surface area contributed by atoms with Crippen molar-refractivity contribution in [3.05, 3.63) is 94.9 Å². The maximum atomic E-state index is 13.3. The third-order valence-corrected chi connectivity index (χ3v) is 6.53. The van der Waals surface area contributed by atoms with Crippen molar-refractivity contribution in [3.63, 3.8) is 0 Å². The number of carbonyl (C=O) groups is 1. The van der Waals surface area contributed by atoms with Crippen LogP contribution in [0.2, 0.25) is 0 Å². The van der Waals surface area contributed by atoms with Crippen molar-refractivity contribution in [2.75, 3.05) is 19.6 Å². The number of hydrogen-bond donors (Lipinski definition) is 0. The molecule has 3 aromatic rings. The summed E-state index contributed by atoms with van der Waals surface area (Å²) in [6.45, 7) is 11.8. The Balaban J connectivity index is 1.57. The summed E-state index contributed by atoms with van der Waals surface area (Å²) in [7, 11) is 0. The first-order chi connectivity index (χ1) is 15.4. The van der Waals surface area contributed by atoms with Crippen molar-refractivity contribution < 1.29 is 9.21 Å². The summed E-state index contributed by atoms with van der Waals surface area (Å²) in [6.07, 6.45) is 0. The molecule has 4 heteroatoms. The van der Waals surface area contributed by atoms with Gasteiger partial charge in [0.15, 0.2) is 0 Å². The number of nitrogens with zero attached hydrogens (tertiary/aromatic N) is 2. The molecule has 2 unspecified atom stereocenters. The zero-order valence-corrected chi connectivity index (χ0v) is 19.6. The normalized spacial score (nSPS) is 18.9. The average molecular weight is 431 g/mol. The van der Waals surface area contributed by atoms with Crippen LogP contribution in [0.25, 0.3) is 0 Å². The van der Waals surface area contributed by atoms with Crippen LogP contribution in [0.4, 0.5) is 0 Å². The number of aryl methyl sites for hydroxylation is 2. The van der Waals surface area contributed by atoms with Gasteiger partial charge in [-0.05, 0) is 63.4 Å². The molecule has 32 heavy (non-hydrogen) atoms. The van der Waals surface area contributed by atoms with Gasteiger partial charge in [-0.3, -0.25) is 9.69 Å². The lowest BCUT2D eigenvalue weighted by Gasteiger charge is -2.32. The molecule has 0 spiro atoms. The molecule has 2 atom stereocenters. The number of likely N-dealkylation sites (tertiary alicyclic amines) is 1. The van der Waals surface area contributed by atoms with Crippen LogP contribution in [-0.2, 0) is 6.54 Å². The van der Waals surface area contributed by atoms with E-state index in [0.717, 1.165) is 43.3 Å². The first-order valence-corrected chi connectivity index (χ1v) is 11.6. The van der Waals surface area contributed by atoms with Crippen molar-refractivity contribution in [2.45, 2.75) is 46.2 Å². The van der Waals surface area contributed by atoms with Crippen LogP contribution in [-0.4, -0.2) is 41.4 Å². The number of carbonyl (C=O) groups excluding carboxylic acids is 1. The van der Waals surface area contributed by atoms with Crippen LogP contribution in [0, 0.1) is 19.8 Å². The second-order valence-electron chi connectivity index (χ2n) is 9.40. The third kappa shape index (κ3) is 5.13. The first-order valence-electron chi connectivity index (χ1n) is 11.6. The highest BCUT2D eigenvalue weighted by atomic mass is 16.3. The van der Waals surface area contributed by atoms with E-state index >= 15 is 0 Å². The number of furan rings is 1. The predicted molar refractivity (Wildman–Crippen MR) is 129 cm³/mol. The van der Waals surface area contributed by atoms with E-state index in [1.54, 1.807) is 0 Å². The van der Waals surface area contributed by atoms with Crippen molar-refractivity contribution in [3.8, 4) is 0 Å². The lowest BCUT2D eigenvalue weighted by molar-refractivity contribution is 0.0668. The van der Waals surface area contributed by atoms with E-state index in [1.165, 1.54) is 11.1 Å². The van der Waals surface area contributed by atoms with E-state index in [4.69, 9.17) is 4.42 Å². The molecule has 0 radical (unpaired) electrons. The van der Waals surface area contributed by atoms with Crippen molar-refractivity contribution in [2.24, 2.45) is 5.92 Å². The smallest absolute Gasteiger partial charge is 0.254 e. The summed E-state index contributed by atoms with van der Waals surface area (Å²) >= 11 is 0.